The molecule has 0 bridgehead atoms. The zero-order valence-corrected chi connectivity index (χ0v) is 9.63. The summed E-state index contributed by atoms with van der Waals surface area (Å²) in [6.45, 7) is -0.223. The summed E-state index contributed by atoms with van der Waals surface area (Å²) in [5, 5.41) is 25.7. The van der Waals surface area contributed by atoms with Gasteiger partial charge in [0, 0.05) is 18.0 Å². The standard InChI is InChI=1S/C13H18N2O2/c16-7-13(8-17)14-10-5-1-3-9-4-2-6-11(15-13)12(9)10/h1-5,10-12,14-17H,6-8H2. The van der Waals surface area contributed by atoms with Crippen LogP contribution in [0.25, 0.3) is 0 Å². The van der Waals surface area contributed by atoms with E-state index in [9.17, 15) is 10.2 Å². The zero-order chi connectivity index (χ0) is 11.9. The van der Waals surface area contributed by atoms with E-state index in [1.54, 1.807) is 0 Å². The Balaban J connectivity index is 1.94. The lowest BCUT2D eigenvalue weighted by atomic mass is 9.74. The highest BCUT2D eigenvalue weighted by Gasteiger charge is 2.45. The van der Waals surface area contributed by atoms with Crippen molar-refractivity contribution in [2.45, 2.75) is 24.2 Å². The van der Waals surface area contributed by atoms with Crippen LogP contribution in [-0.4, -0.2) is 41.2 Å². The van der Waals surface area contributed by atoms with Crippen molar-refractivity contribution in [2.75, 3.05) is 13.2 Å². The lowest BCUT2D eigenvalue weighted by Gasteiger charge is -2.51. The van der Waals surface area contributed by atoms with Crippen molar-refractivity contribution in [3.63, 3.8) is 0 Å². The summed E-state index contributed by atoms with van der Waals surface area (Å²) in [4.78, 5) is 0. The van der Waals surface area contributed by atoms with Crippen LogP contribution in [-0.2, 0) is 0 Å². The fraction of sp³-hybridized carbons (Fsp3) is 0.538. The fourth-order valence-corrected chi connectivity index (χ4v) is 3.11. The number of nitrogens with one attached hydrogen (secondary N) is 2. The predicted molar refractivity (Wildman–Crippen MR) is 65.2 cm³/mol. The Morgan fingerprint density at radius 2 is 2.12 bits per heavy atom. The van der Waals surface area contributed by atoms with Gasteiger partial charge in [-0.1, -0.05) is 30.4 Å². The van der Waals surface area contributed by atoms with Crippen LogP contribution in [0.5, 0.6) is 0 Å². The van der Waals surface area contributed by atoms with Gasteiger partial charge in [0.15, 0.2) is 0 Å². The quantitative estimate of drug-likeness (QED) is 0.528. The molecule has 4 N–H and O–H groups in total. The van der Waals surface area contributed by atoms with Crippen LogP contribution in [0, 0.1) is 5.92 Å². The molecule has 0 aromatic carbocycles. The molecular weight excluding hydrogens is 216 g/mol. The number of rotatable bonds is 2. The van der Waals surface area contributed by atoms with E-state index < -0.39 is 5.66 Å². The Labute approximate surface area is 101 Å². The van der Waals surface area contributed by atoms with Gasteiger partial charge in [0.2, 0.25) is 0 Å². The van der Waals surface area contributed by atoms with E-state index in [1.807, 2.05) is 6.08 Å². The van der Waals surface area contributed by atoms with Crippen molar-refractivity contribution in [2.24, 2.45) is 5.92 Å². The highest BCUT2D eigenvalue weighted by atomic mass is 16.3. The Kier molecular flexibility index (Phi) is 2.67. The molecule has 0 amide bonds. The van der Waals surface area contributed by atoms with E-state index in [2.05, 4.69) is 34.9 Å². The van der Waals surface area contributed by atoms with E-state index in [0.29, 0.717) is 5.92 Å². The van der Waals surface area contributed by atoms with Gasteiger partial charge in [-0.2, -0.15) is 0 Å². The molecular formula is C13H18N2O2. The maximum atomic E-state index is 9.49. The van der Waals surface area contributed by atoms with Gasteiger partial charge in [0.1, 0.15) is 5.66 Å². The first kappa shape index (κ1) is 11.2. The number of aliphatic hydroxyl groups is 2. The smallest absolute Gasteiger partial charge is 0.117 e. The highest BCUT2D eigenvalue weighted by molar-refractivity contribution is 5.38. The fourth-order valence-electron chi connectivity index (χ4n) is 3.11. The van der Waals surface area contributed by atoms with Crippen LogP contribution in [0.3, 0.4) is 0 Å². The van der Waals surface area contributed by atoms with Crippen molar-refractivity contribution in [3.05, 3.63) is 36.0 Å². The monoisotopic (exact) mass is 234 g/mol. The van der Waals surface area contributed by atoms with E-state index in [4.69, 9.17) is 0 Å². The molecule has 2 aliphatic carbocycles. The van der Waals surface area contributed by atoms with Crippen molar-refractivity contribution >= 4 is 0 Å². The summed E-state index contributed by atoms with van der Waals surface area (Å²) >= 11 is 0. The summed E-state index contributed by atoms with van der Waals surface area (Å²) in [7, 11) is 0. The molecule has 0 aromatic heterocycles. The molecule has 0 saturated carbocycles. The maximum Gasteiger partial charge on any atom is 0.117 e. The van der Waals surface area contributed by atoms with Gasteiger partial charge in [-0.05, 0) is 12.0 Å². The van der Waals surface area contributed by atoms with Gasteiger partial charge in [0.05, 0.1) is 13.2 Å². The van der Waals surface area contributed by atoms with Crippen molar-refractivity contribution in [1.82, 2.24) is 10.6 Å². The van der Waals surface area contributed by atoms with E-state index >= 15 is 0 Å². The molecule has 0 radical (unpaired) electrons. The molecule has 1 aliphatic heterocycles. The first-order chi connectivity index (χ1) is 8.28. The van der Waals surface area contributed by atoms with E-state index in [-0.39, 0.29) is 25.3 Å². The summed E-state index contributed by atoms with van der Waals surface area (Å²) in [5.41, 5.74) is 0.558. The molecule has 4 nitrogen and oxygen atoms in total. The van der Waals surface area contributed by atoms with Crippen LogP contribution in [0.2, 0.25) is 0 Å². The Morgan fingerprint density at radius 1 is 1.29 bits per heavy atom. The number of hydrogen-bond donors (Lipinski definition) is 4. The first-order valence-electron chi connectivity index (χ1n) is 6.10. The minimum Gasteiger partial charge on any atom is -0.393 e. The maximum absolute atomic E-state index is 9.49. The molecule has 3 rings (SSSR count). The summed E-state index contributed by atoms with van der Waals surface area (Å²) in [5.74, 6) is 0.399. The third kappa shape index (κ3) is 1.68. The third-order valence-corrected chi connectivity index (χ3v) is 3.96. The van der Waals surface area contributed by atoms with Crippen LogP contribution in [0.1, 0.15) is 6.42 Å². The van der Waals surface area contributed by atoms with Gasteiger partial charge >= 0.3 is 0 Å². The molecule has 3 atom stereocenters. The zero-order valence-electron chi connectivity index (χ0n) is 9.63. The predicted octanol–water partition coefficient (Wildman–Crippen LogP) is -0.330. The molecule has 4 heteroatoms. The second kappa shape index (κ2) is 4.07. The minimum absolute atomic E-state index is 0.111. The van der Waals surface area contributed by atoms with Crippen LogP contribution < -0.4 is 10.6 Å². The summed E-state index contributed by atoms with van der Waals surface area (Å²) < 4.78 is 0. The van der Waals surface area contributed by atoms with Gasteiger partial charge in [-0.3, -0.25) is 10.6 Å². The normalized spacial score (nSPS) is 37.5. The molecule has 1 heterocycles. The average molecular weight is 234 g/mol. The van der Waals surface area contributed by atoms with Gasteiger partial charge in [-0.25, -0.2) is 0 Å². The van der Waals surface area contributed by atoms with Crippen LogP contribution in [0.15, 0.2) is 36.0 Å². The molecule has 0 aromatic rings. The average Bonchev–Trinajstić information content (AvgIpc) is 2.39. The van der Waals surface area contributed by atoms with E-state index in [1.165, 1.54) is 5.57 Å². The molecule has 1 saturated heterocycles. The minimum atomic E-state index is -0.760. The SMILES string of the molecule is OCC1(CO)NC2C=CC=C3C=CCC(N1)C32. The van der Waals surface area contributed by atoms with Crippen LogP contribution >= 0.6 is 0 Å². The second-order valence-electron chi connectivity index (χ2n) is 5.03. The van der Waals surface area contributed by atoms with Gasteiger partial charge in [-0.15, -0.1) is 0 Å². The Bertz CT molecular complexity index is 396. The molecule has 17 heavy (non-hydrogen) atoms. The molecule has 3 aliphatic rings. The van der Waals surface area contributed by atoms with E-state index in [0.717, 1.165) is 6.42 Å². The van der Waals surface area contributed by atoms with Gasteiger partial charge in [0.25, 0.3) is 0 Å². The lowest BCUT2D eigenvalue weighted by Crippen LogP contribution is -2.74. The number of hydrogen-bond acceptors (Lipinski definition) is 4. The van der Waals surface area contributed by atoms with Crippen molar-refractivity contribution in [1.29, 1.82) is 0 Å². The molecule has 0 spiro atoms. The second-order valence-corrected chi connectivity index (χ2v) is 5.03. The number of aliphatic hydroxyl groups excluding tert-OH is 2. The van der Waals surface area contributed by atoms with Crippen LogP contribution in [0.4, 0.5) is 0 Å². The molecule has 92 valence electrons. The van der Waals surface area contributed by atoms with Gasteiger partial charge < -0.3 is 10.2 Å². The largest absolute Gasteiger partial charge is 0.393 e. The first-order valence-corrected chi connectivity index (χ1v) is 6.10. The molecule has 3 unspecified atom stereocenters. The van der Waals surface area contributed by atoms with Crippen molar-refractivity contribution < 1.29 is 10.2 Å². The topological polar surface area (TPSA) is 64.5 Å². The summed E-state index contributed by atoms with van der Waals surface area (Å²) in [6, 6.07) is 0.465. The Hall–Kier alpha value is -0.940. The Morgan fingerprint density at radius 3 is 2.88 bits per heavy atom. The van der Waals surface area contributed by atoms with Crippen molar-refractivity contribution in [3.8, 4) is 0 Å². The highest BCUT2D eigenvalue weighted by Crippen LogP contribution is 2.35. The molecule has 1 fully saturated rings. The lowest BCUT2D eigenvalue weighted by molar-refractivity contribution is 0.0123. The third-order valence-electron chi connectivity index (χ3n) is 3.96. The number of allylic oxidation sites excluding steroid dienone is 3. The summed E-state index contributed by atoms with van der Waals surface area (Å²) in [6.07, 6.45) is 11.6.